The first-order chi connectivity index (χ1) is 14.4. The number of sulfonamides is 1. The van der Waals surface area contributed by atoms with Crippen LogP contribution in [0.15, 0.2) is 77.7 Å². The molecule has 1 amide bonds. The lowest BCUT2D eigenvalue weighted by atomic mass is 10.1. The fourth-order valence-corrected chi connectivity index (χ4v) is 4.37. The number of hydrogen-bond acceptors (Lipinski definition) is 4. The highest BCUT2D eigenvalue weighted by Crippen LogP contribution is 2.26. The third kappa shape index (κ3) is 5.52. The molecule has 156 valence electrons. The van der Waals surface area contributed by atoms with Crippen molar-refractivity contribution in [2.75, 3.05) is 18.4 Å². The summed E-state index contributed by atoms with van der Waals surface area (Å²) in [5, 5.41) is 2.82. The second kappa shape index (κ2) is 9.65. The van der Waals surface area contributed by atoms with E-state index in [0.717, 1.165) is 5.56 Å². The highest BCUT2D eigenvalue weighted by atomic mass is 35.5. The molecule has 30 heavy (non-hydrogen) atoms. The van der Waals surface area contributed by atoms with Crippen LogP contribution in [0.2, 0.25) is 5.02 Å². The van der Waals surface area contributed by atoms with E-state index in [0.29, 0.717) is 24.4 Å². The van der Waals surface area contributed by atoms with Crippen LogP contribution in [0.3, 0.4) is 0 Å². The van der Waals surface area contributed by atoms with Gasteiger partial charge in [0, 0.05) is 17.8 Å². The van der Waals surface area contributed by atoms with Gasteiger partial charge in [-0.05, 0) is 54.4 Å². The van der Waals surface area contributed by atoms with E-state index in [1.165, 1.54) is 25.3 Å². The van der Waals surface area contributed by atoms with Crippen molar-refractivity contribution >= 4 is 33.2 Å². The smallest absolute Gasteiger partial charge is 0.263 e. The van der Waals surface area contributed by atoms with Gasteiger partial charge in [-0.15, -0.1) is 0 Å². The Hall–Kier alpha value is -3.03. The molecule has 0 heterocycles. The van der Waals surface area contributed by atoms with E-state index in [1.54, 1.807) is 24.3 Å². The summed E-state index contributed by atoms with van der Waals surface area (Å²) in [7, 11) is -2.46. The maximum Gasteiger partial charge on any atom is 0.263 e. The van der Waals surface area contributed by atoms with Gasteiger partial charge in [0.1, 0.15) is 10.6 Å². The highest BCUT2D eigenvalue weighted by Gasteiger charge is 2.20. The van der Waals surface area contributed by atoms with Crippen molar-refractivity contribution in [3.8, 4) is 5.75 Å². The minimum atomic E-state index is -3.99. The fourth-order valence-electron chi connectivity index (χ4n) is 2.79. The van der Waals surface area contributed by atoms with Crippen molar-refractivity contribution < 1.29 is 17.9 Å². The predicted octanol–water partition coefficient (Wildman–Crippen LogP) is 4.12. The van der Waals surface area contributed by atoms with Gasteiger partial charge in [0.25, 0.3) is 15.9 Å². The Morgan fingerprint density at radius 3 is 2.37 bits per heavy atom. The normalized spacial score (nSPS) is 11.0. The van der Waals surface area contributed by atoms with Crippen molar-refractivity contribution in [1.82, 2.24) is 5.32 Å². The van der Waals surface area contributed by atoms with Crippen molar-refractivity contribution in [2.24, 2.45) is 0 Å². The standard InChI is InChI=1S/C22H21ClN2O4S/c1-29-19-10-8-18(9-11-19)25-30(27,28)21-15-17(7-12-20(21)23)22(26)24-14-13-16-5-3-2-4-6-16/h2-12,15,25H,13-14H2,1H3,(H,24,26). The summed E-state index contributed by atoms with van der Waals surface area (Å²) < 4.78 is 33.1. The van der Waals surface area contributed by atoms with E-state index >= 15 is 0 Å². The number of carbonyl (C=O) groups excluding carboxylic acids is 1. The zero-order valence-electron chi connectivity index (χ0n) is 16.3. The molecule has 0 radical (unpaired) electrons. The molecule has 0 spiro atoms. The maximum absolute atomic E-state index is 12.8. The Morgan fingerprint density at radius 1 is 1.00 bits per heavy atom. The van der Waals surface area contributed by atoms with E-state index < -0.39 is 10.0 Å². The van der Waals surface area contributed by atoms with Crippen LogP contribution in [0.4, 0.5) is 5.69 Å². The van der Waals surface area contributed by atoms with E-state index in [2.05, 4.69) is 10.0 Å². The first kappa shape index (κ1) is 21.7. The van der Waals surface area contributed by atoms with E-state index in [1.807, 2.05) is 30.3 Å². The summed E-state index contributed by atoms with van der Waals surface area (Å²) >= 11 is 6.11. The molecule has 0 fully saturated rings. The van der Waals surface area contributed by atoms with Crippen LogP contribution in [0, 0.1) is 0 Å². The van der Waals surface area contributed by atoms with Gasteiger partial charge < -0.3 is 10.1 Å². The quantitative estimate of drug-likeness (QED) is 0.547. The van der Waals surface area contributed by atoms with Gasteiger partial charge in [0.15, 0.2) is 0 Å². The summed E-state index contributed by atoms with van der Waals surface area (Å²) in [4.78, 5) is 12.3. The molecule has 0 bridgehead atoms. The Bertz CT molecular complexity index is 1120. The number of methoxy groups -OCH3 is 1. The molecular formula is C22H21ClN2O4S. The molecule has 6 nitrogen and oxygen atoms in total. The number of amides is 1. The van der Waals surface area contributed by atoms with Gasteiger partial charge in [-0.1, -0.05) is 41.9 Å². The maximum atomic E-state index is 12.8. The molecule has 0 aliphatic rings. The predicted molar refractivity (Wildman–Crippen MR) is 118 cm³/mol. The number of rotatable bonds is 8. The molecule has 0 saturated carbocycles. The Morgan fingerprint density at radius 2 is 1.70 bits per heavy atom. The molecule has 8 heteroatoms. The van der Waals surface area contributed by atoms with Gasteiger partial charge in [0.05, 0.1) is 12.1 Å². The molecule has 0 saturated heterocycles. The summed E-state index contributed by atoms with van der Waals surface area (Å²) in [6.07, 6.45) is 0.671. The summed E-state index contributed by atoms with van der Waals surface area (Å²) in [6.45, 7) is 0.428. The zero-order chi connectivity index (χ0) is 21.6. The van der Waals surface area contributed by atoms with Crippen LogP contribution in [0.1, 0.15) is 15.9 Å². The van der Waals surface area contributed by atoms with Crippen LogP contribution in [-0.4, -0.2) is 28.0 Å². The molecule has 0 aliphatic carbocycles. The minimum absolute atomic E-state index is 0.0249. The van der Waals surface area contributed by atoms with Crippen molar-refractivity contribution in [3.63, 3.8) is 0 Å². The van der Waals surface area contributed by atoms with E-state index in [9.17, 15) is 13.2 Å². The average Bonchev–Trinajstić information content (AvgIpc) is 2.75. The third-order valence-corrected chi connectivity index (χ3v) is 6.23. The minimum Gasteiger partial charge on any atom is -0.497 e. The van der Waals surface area contributed by atoms with Crippen LogP contribution < -0.4 is 14.8 Å². The van der Waals surface area contributed by atoms with Crippen molar-refractivity contribution in [1.29, 1.82) is 0 Å². The molecule has 0 aromatic heterocycles. The Labute approximate surface area is 180 Å². The first-order valence-electron chi connectivity index (χ1n) is 9.17. The molecule has 0 unspecified atom stereocenters. The van der Waals surface area contributed by atoms with Gasteiger partial charge in [-0.25, -0.2) is 8.42 Å². The largest absolute Gasteiger partial charge is 0.497 e. The molecule has 3 aromatic rings. The monoisotopic (exact) mass is 444 g/mol. The lowest BCUT2D eigenvalue weighted by Crippen LogP contribution is -2.26. The number of ether oxygens (including phenoxy) is 1. The molecule has 3 aromatic carbocycles. The average molecular weight is 445 g/mol. The topological polar surface area (TPSA) is 84.5 Å². The number of nitrogens with one attached hydrogen (secondary N) is 2. The van der Waals surface area contributed by atoms with E-state index in [4.69, 9.17) is 16.3 Å². The summed E-state index contributed by atoms with van der Waals surface area (Å²) in [5.41, 5.74) is 1.66. The molecule has 0 aliphatic heterocycles. The molecule has 0 atom stereocenters. The number of benzene rings is 3. The van der Waals surface area contributed by atoms with Crippen molar-refractivity contribution in [2.45, 2.75) is 11.3 Å². The summed E-state index contributed by atoms with van der Waals surface area (Å²) in [6, 6.07) is 20.3. The van der Waals surface area contributed by atoms with Crippen LogP contribution >= 0.6 is 11.6 Å². The van der Waals surface area contributed by atoms with E-state index in [-0.39, 0.29) is 21.4 Å². The number of carbonyl (C=O) groups is 1. The Kier molecular flexibility index (Phi) is 6.97. The third-order valence-electron chi connectivity index (χ3n) is 4.37. The zero-order valence-corrected chi connectivity index (χ0v) is 17.8. The van der Waals surface area contributed by atoms with Crippen LogP contribution in [0.25, 0.3) is 0 Å². The lowest BCUT2D eigenvalue weighted by molar-refractivity contribution is 0.0954. The summed E-state index contributed by atoms with van der Waals surface area (Å²) in [5.74, 6) is 0.230. The second-order valence-electron chi connectivity index (χ2n) is 6.47. The molecular weight excluding hydrogens is 424 g/mol. The van der Waals surface area contributed by atoms with Gasteiger partial charge >= 0.3 is 0 Å². The number of anilines is 1. The number of halogens is 1. The van der Waals surface area contributed by atoms with Crippen LogP contribution in [-0.2, 0) is 16.4 Å². The molecule has 2 N–H and O–H groups in total. The van der Waals surface area contributed by atoms with Gasteiger partial charge in [-0.2, -0.15) is 0 Å². The highest BCUT2D eigenvalue weighted by molar-refractivity contribution is 7.92. The lowest BCUT2D eigenvalue weighted by Gasteiger charge is -2.12. The van der Waals surface area contributed by atoms with Gasteiger partial charge in [0.2, 0.25) is 0 Å². The van der Waals surface area contributed by atoms with Crippen molar-refractivity contribution in [3.05, 3.63) is 88.9 Å². The number of hydrogen-bond donors (Lipinski definition) is 2. The Balaban J connectivity index is 1.72. The van der Waals surface area contributed by atoms with Gasteiger partial charge in [-0.3, -0.25) is 9.52 Å². The molecule has 3 rings (SSSR count). The second-order valence-corrected chi connectivity index (χ2v) is 8.53. The van der Waals surface area contributed by atoms with Crippen LogP contribution in [0.5, 0.6) is 5.75 Å². The first-order valence-corrected chi connectivity index (χ1v) is 11.0. The SMILES string of the molecule is COc1ccc(NS(=O)(=O)c2cc(C(=O)NCCc3ccccc3)ccc2Cl)cc1. The fraction of sp³-hybridized carbons (Fsp3) is 0.136.